The zero-order valence-electron chi connectivity index (χ0n) is 12.3. The second-order valence-corrected chi connectivity index (χ2v) is 6.73. The summed E-state index contributed by atoms with van der Waals surface area (Å²) >= 11 is 11.9. The molecule has 1 aromatic carbocycles. The van der Waals surface area contributed by atoms with Crippen LogP contribution in [0.25, 0.3) is 0 Å². The predicted octanol–water partition coefficient (Wildman–Crippen LogP) is 4.36. The van der Waals surface area contributed by atoms with Crippen LogP contribution >= 0.6 is 23.2 Å². The number of nitrogens with one attached hydrogen (secondary N) is 1. The van der Waals surface area contributed by atoms with E-state index in [9.17, 15) is 5.11 Å². The number of hydrogen-bond acceptors (Lipinski definition) is 3. The number of aliphatic hydroxyl groups excluding tert-OH is 1. The molecule has 2 rings (SSSR count). The number of anilines is 1. The molecule has 1 saturated carbocycles. The molecule has 0 amide bonds. The first-order valence-electron chi connectivity index (χ1n) is 7.53. The van der Waals surface area contributed by atoms with E-state index in [0.29, 0.717) is 29.3 Å². The van der Waals surface area contributed by atoms with Crippen molar-refractivity contribution in [2.75, 3.05) is 18.5 Å². The molecule has 21 heavy (non-hydrogen) atoms. The number of rotatable bonds is 6. The van der Waals surface area contributed by atoms with Gasteiger partial charge < -0.3 is 15.2 Å². The lowest BCUT2D eigenvalue weighted by molar-refractivity contribution is -0.0274. The molecule has 3 unspecified atom stereocenters. The Balaban J connectivity index is 1.70. The highest BCUT2D eigenvalue weighted by molar-refractivity contribution is 6.36. The highest BCUT2D eigenvalue weighted by Crippen LogP contribution is 2.26. The van der Waals surface area contributed by atoms with E-state index in [4.69, 9.17) is 27.9 Å². The molecular formula is C16H23Cl2NO2. The van der Waals surface area contributed by atoms with Crippen LogP contribution in [0.5, 0.6) is 0 Å². The summed E-state index contributed by atoms with van der Waals surface area (Å²) in [7, 11) is 0. The summed E-state index contributed by atoms with van der Waals surface area (Å²) in [5, 5.41) is 14.3. The SMILES string of the molecule is CC1CCCC(OCC(O)CNc2ccc(Cl)cc2Cl)C1. The second-order valence-electron chi connectivity index (χ2n) is 5.89. The molecule has 0 bridgehead atoms. The first-order chi connectivity index (χ1) is 10.0. The first kappa shape index (κ1) is 16.9. The Hall–Kier alpha value is -0.480. The van der Waals surface area contributed by atoms with Crippen LogP contribution in [0.4, 0.5) is 5.69 Å². The minimum atomic E-state index is -0.547. The van der Waals surface area contributed by atoms with E-state index in [2.05, 4.69) is 12.2 Å². The molecule has 3 nitrogen and oxygen atoms in total. The quantitative estimate of drug-likeness (QED) is 0.813. The Labute approximate surface area is 136 Å². The fraction of sp³-hybridized carbons (Fsp3) is 0.625. The predicted molar refractivity (Wildman–Crippen MR) is 88.3 cm³/mol. The smallest absolute Gasteiger partial charge is 0.0945 e. The third kappa shape index (κ3) is 5.67. The Bertz CT molecular complexity index is 456. The summed E-state index contributed by atoms with van der Waals surface area (Å²) in [5.74, 6) is 0.729. The van der Waals surface area contributed by atoms with E-state index < -0.39 is 6.10 Å². The maximum absolute atomic E-state index is 10.00. The van der Waals surface area contributed by atoms with Crippen LogP contribution in [0.3, 0.4) is 0 Å². The van der Waals surface area contributed by atoms with Crippen molar-refractivity contribution in [1.29, 1.82) is 0 Å². The number of benzene rings is 1. The van der Waals surface area contributed by atoms with Crippen molar-refractivity contribution in [3.05, 3.63) is 28.2 Å². The number of ether oxygens (including phenoxy) is 1. The molecule has 118 valence electrons. The lowest BCUT2D eigenvalue weighted by atomic mass is 9.89. The molecule has 1 aromatic rings. The van der Waals surface area contributed by atoms with Gasteiger partial charge in [0.05, 0.1) is 29.5 Å². The van der Waals surface area contributed by atoms with Gasteiger partial charge in [-0.1, -0.05) is 43.0 Å². The molecule has 1 fully saturated rings. The van der Waals surface area contributed by atoms with Gasteiger partial charge in [0, 0.05) is 11.6 Å². The fourth-order valence-corrected chi connectivity index (χ4v) is 3.17. The maximum atomic E-state index is 10.00. The van der Waals surface area contributed by atoms with Gasteiger partial charge in [0.15, 0.2) is 0 Å². The van der Waals surface area contributed by atoms with Crippen molar-refractivity contribution in [3.63, 3.8) is 0 Å². The molecule has 2 N–H and O–H groups in total. The third-order valence-corrected chi connectivity index (χ3v) is 4.42. The highest BCUT2D eigenvalue weighted by atomic mass is 35.5. The second kappa shape index (κ2) is 8.23. The maximum Gasteiger partial charge on any atom is 0.0945 e. The molecule has 1 aliphatic rings. The van der Waals surface area contributed by atoms with Gasteiger partial charge in [-0.2, -0.15) is 0 Å². The van der Waals surface area contributed by atoms with Gasteiger partial charge in [-0.15, -0.1) is 0 Å². The van der Waals surface area contributed by atoms with Crippen molar-refractivity contribution in [2.45, 2.75) is 44.8 Å². The first-order valence-corrected chi connectivity index (χ1v) is 8.28. The third-order valence-electron chi connectivity index (χ3n) is 3.87. The van der Waals surface area contributed by atoms with Crippen molar-refractivity contribution in [3.8, 4) is 0 Å². The summed E-state index contributed by atoms with van der Waals surface area (Å²) < 4.78 is 5.81. The van der Waals surface area contributed by atoms with E-state index in [1.165, 1.54) is 12.8 Å². The van der Waals surface area contributed by atoms with Gasteiger partial charge >= 0.3 is 0 Å². The summed E-state index contributed by atoms with van der Waals surface area (Å²) in [6, 6.07) is 5.25. The van der Waals surface area contributed by atoms with Crippen molar-refractivity contribution in [1.82, 2.24) is 0 Å². The zero-order valence-corrected chi connectivity index (χ0v) is 13.8. The zero-order chi connectivity index (χ0) is 15.2. The Morgan fingerprint density at radius 1 is 1.38 bits per heavy atom. The lowest BCUT2D eigenvalue weighted by Crippen LogP contribution is -2.30. The number of aliphatic hydroxyl groups is 1. The van der Waals surface area contributed by atoms with Crippen molar-refractivity contribution >= 4 is 28.9 Å². The van der Waals surface area contributed by atoms with Gasteiger partial charge in [0.2, 0.25) is 0 Å². The minimum Gasteiger partial charge on any atom is -0.389 e. The van der Waals surface area contributed by atoms with Gasteiger partial charge in [-0.3, -0.25) is 0 Å². The van der Waals surface area contributed by atoms with Crippen LogP contribution in [0, 0.1) is 5.92 Å². The van der Waals surface area contributed by atoms with Crippen LogP contribution in [-0.4, -0.2) is 30.5 Å². The Kier molecular flexibility index (Phi) is 6.62. The van der Waals surface area contributed by atoms with Crippen LogP contribution in [-0.2, 0) is 4.74 Å². The molecule has 5 heteroatoms. The van der Waals surface area contributed by atoms with Crippen LogP contribution < -0.4 is 5.32 Å². The molecule has 0 heterocycles. The van der Waals surface area contributed by atoms with E-state index in [-0.39, 0.29) is 0 Å². The van der Waals surface area contributed by atoms with E-state index >= 15 is 0 Å². The molecular weight excluding hydrogens is 309 g/mol. The topological polar surface area (TPSA) is 41.5 Å². The van der Waals surface area contributed by atoms with E-state index in [1.54, 1.807) is 18.2 Å². The van der Waals surface area contributed by atoms with Gasteiger partial charge in [-0.25, -0.2) is 0 Å². The highest BCUT2D eigenvalue weighted by Gasteiger charge is 2.20. The monoisotopic (exact) mass is 331 g/mol. The summed E-state index contributed by atoms with van der Waals surface area (Å²) in [6.45, 7) is 3.02. The molecule has 0 aromatic heterocycles. The molecule has 0 radical (unpaired) electrons. The largest absolute Gasteiger partial charge is 0.389 e. The van der Waals surface area contributed by atoms with E-state index in [1.807, 2.05) is 0 Å². The molecule has 0 saturated heterocycles. The van der Waals surface area contributed by atoms with Gasteiger partial charge in [0.25, 0.3) is 0 Å². The summed E-state index contributed by atoms with van der Waals surface area (Å²) in [5.41, 5.74) is 0.770. The Morgan fingerprint density at radius 2 is 2.19 bits per heavy atom. The fourth-order valence-electron chi connectivity index (χ4n) is 2.70. The average Bonchev–Trinajstić information content (AvgIpc) is 2.44. The average molecular weight is 332 g/mol. The molecule has 0 spiro atoms. The number of hydrogen-bond donors (Lipinski definition) is 2. The van der Waals surface area contributed by atoms with Crippen molar-refractivity contribution < 1.29 is 9.84 Å². The summed E-state index contributed by atoms with van der Waals surface area (Å²) in [4.78, 5) is 0. The normalized spacial score (nSPS) is 23.8. The lowest BCUT2D eigenvalue weighted by Gasteiger charge is -2.27. The van der Waals surface area contributed by atoms with Gasteiger partial charge in [0.1, 0.15) is 0 Å². The van der Waals surface area contributed by atoms with Crippen LogP contribution in [0.15, 0.2) is 18.2 Å². The number of halogens is 2. The van der Waals surface area contributed by atoms with Crippen molar-refractivity contribution in [2.24, 2.45) is 5.92 Å². The molecule has 1 aliphatic carbocycles. The minimum absolute atomic E-state index is 0.294. The molecule has 3 atom stereocenters. The Morgan fingerprint density at radius 3 is 2.90 bits per heavy atom. The van der Waals surface area contributed by atoms with Gasteiger partial charge in [-0.05, 0) is 37.0 Å². The summed E-state index contributed by atoms with van der Waals surface area (Å²) in [6.07, 6.45) is 4.47. The van der Waals surface area contributed by atoms with Crippen LogP contribution in [0.2, 0.25) is 10.0 Å². The molecule has 0 aliphatic heterocycles. The standard InChI is InChI=1S/C16H23Cl2NO2/c1-11-3-2-4-14(7-11)21-10-13(20)9-19-16-6-5-12(17)8-15(16)18/h5-6,8,11,13-14,19-20H,2-4,7,9-10H2,1H3. The van der Waals surface area contributed by atoms with E-state index in [0.717, 1.165) is 24.4 Å². The van der Waals surface area contributed by atoms with Crippen LogP contribution in [0.1, 0.15) is 32.6 Å².